The molecule has 0 saturated carbocycles. The third-order valence-corrected chi connectivity index (χ3v) is 2.03. The molecule has 15 heavy (non-hydrogen) atoms. The summed E-state index contributed by atoms with van der Waals surface area (Å²) >= 11 is 0. The van der Waals surface area contributed by atoms with Crippen molar-refractivity contribution in [3.05, 3.63) is 40.4 Å². The van der Waals surface area contributed by atoms with Crippen LogP contribution in [0.2, 0.25) is 0 Å². The molecule has 0 unspecified atom stereocenters. The Hall–Kier alpha value is -2.17. The molecule has 0 aliphatic heterocycles. The molecule has 0 amide bonds. The highest BCUT2D eigenvalue weighted by molar-refractivity contribution is 5.80. The van der Waals surface area contributed by atoms with Gasteiger partial charge in [-0.15, -0.1) is 0 Å². The van der Waals surface area contributed by atoms with Crippen LogP contribution < -0.4 is 5.69 Å². The molecule has 0 aliphatic carbocycles. The summed E-state index contributed by atoms with van der Waals surface area (Å²) in [5, 5.41) is 9.34. The zero-order valence-corrected chi connectivity index (χ0v) is 7.73. The first kappa shape index (κ1) is 9.39. The number of nitrogens with one attached hydrogen (secondary N) is 1. The van der Waals surface area contributed by atoms with Crippen molar-refractivity contribution in [2.45, 2.75) is 6.42 Å². The second-order valence-corrected chi connectivity index (χ2v) is 3.18. The van der Waals surface area contributed by atoms with E-state index in [-0.39, 0.29) is 6.42 Å². The van der Waals surface area contributed by atoms with Gasteiger partial charge >= 0.3 is 11.7 Å². The van der Waals surface area contributed by atoms with Gasteiger partial charge in [-0.2, -0.15) is 0 Å². The molecule has 2 N–H and O–H groups in total. The maximum Gasteiger partial charge on any atom is 0.345 e. The Kier molecular flexibility index (Phi) is 2.21. The molecule has 5 heteroatoms. The van der Waals surface area contributed by atoms with E-state index in [0.29, 0.717) is 11.1 Å². The number of fused-ring (bicyclic) bond motifs is 1. The lowest BCUT2D eigenvalue weighted by Gasteiger charge is -1.99. The Balaban J connectivity index is 2.52. The standard InChI is InChI=1S/C10H8N2O3/c13-9(14)4-6-1-2-8-7(3-6)5-11-10(15)12-8/h1-3,5H,4H2,(H,13,14)(H,11,12,15). The van der Waals surface area contributed by atoms with Gasteiger partial charge in [-0.3, -0.25) is 4.79 Å². The van der Waals surface area contributed by atoms with Gasteiger partial charge in [-0.1, -0.05) is 6.07 Å². The Morgan fingerprint density at radius 3 is 3.00 bits per heavy atom. The van der Waals surface area contributed by atoms with Gasteiger partial charge in [-0.25, -0.2) is 9.78 Å². The molecule has 0 bridgehead atoms. The second-order valence-electron chi connectivity index (χ2n) is 3.18. The molecule has 76 valence electrons. The summed E-state index contributed by atoms with van der Waals surface area (Å²) in [6, 6.07) is 5.05. The Morgan fingerprint density at radius 1 is 1.47 bits per heavy atom. The minimum atomic E-state index is -0.883. The number of rotatable bonds is 2. The van der Waals surface area contributed by atoms with E-state index in [0.717, 1.165) is 5.39 Å². The highest BCUT2D eigenvalue weighted by Gasteiger charge is 2.02. The van der Waals surface area contributed by atoms with Gasteiger partial charge in [0, 0.05) is 11.6 Å². The third-order valence-electron chi connectivity index (χ3n) is 2.03. The SMILES string of the molecule is O=C(O)Cc1ccc2[nH]c(=O)ncc2c1. The van der Waals surface area contributed by atoms with E-state index in [1.54, 1.807) is 18.2 Å². The number of benzene rings is 1. The number of aromatic amines is 1. The molecule has 1 heterocycles. The van der Waals surface area contributed by atoms with Crippen LogP contribution in [0.25, 0.3) is 10.9 Å². The second kappa shape index (κ2) is 3.53. The van der Waals surface area contributed by atoms with Crippen molar-refractivity contribution in [2.24, 2.45) is 0 Å². The van der Waals surface area contributed by atoms with Gasteiger partial charge in [-0.05, 0) is 17.7 Å². The molecule has 1 aromatic heterocycles. The summed E-state index contributed by atoms with van der Waals surface area (Å²) < 4.78 is 0. The van der Waals surface area contributed by atoms with Crippen LogP contribution in [0.4, 0.5) is 0 Å². The summed E-state index contributed by atoms with van der Waals surface area (Å²) in [6.45, 7) is 0. The lowest BCUT2D eigenvalue weighted by atomic mass is 10.1. The highest BCUT2D eigenvalue weighted by atomic mass is 16.4. The quantitative estimate of drug-likeness (QED) is 0.748. The number of carboxylic acids is 1. The van der Waals surface area contributed by atoms with E-state index in [9.17, 15) is 9.59 Å². The average molecular weight is 204 g/mol. The topological polar surface area (TPSA) is 83.0 Å². The van der Waals surface area contributed by atoms with Crippen molar-refractivity contribution in [1.82, 2.24) is 9.97 Å². The van der Waals surface area contributed by atoms with Gasteiger partial charge < -0.3 is 10.1 Å². The predicted molar refractivity (Wildman–Crippen MR) is 53.7 cm³/mol. The van der Waals surface area contributed by atoms with Gasteiger partial charge in [0.15, 0.2) is 0 Å². The minimum absolute atomic E-state index is 0.0327. The zero-order valence-electron chi connectivity index (χ0n) is 7.73. The van der Waals surface area contributed by atoms with Crippen molar-refractivity contribution in [3.63, 3.8) is 0 Å². The van der Waals surface area contributed by atoms with Gasteiger partial charge in [0.2, 0.25) is 0 Å². The average Bonchev–Trinajstić information content (AvgIpc) is 2.17. The fourth-order valence-electron chi connectivity index (χ4n) is 1.39. The number of hydrogen-bond donors (Lipinski definition) is 2. The predicted octanol–water partition coefficient (Wildman–Crippen LogP) is 0.550. The van der Waals surface area contributed by atoms with E-state index in [4.69, 9.17) is 5.11 Å². The maximum atomic E-state index is 10.9. The first-order valence-corrected chi connectivity index (χ1v) is 4.35. The van der Waals surface area contributed by atoms with Crippen LogP contribution in [0.15, 0.2) is 29.2 Å². The summed E-state index contributed by atoms with van der Waals surface area (Å²) in [5.41, 5.74) is 0.932. The molecule has 5 nitrogen and oxygen atoms in total. The first-order valence-electron chi connectivity index (χ1n) is 4.35. The van der Waals surface area contributed by atoms with Crippen molar-refractivity contribution in [3.8, 4) is 0 Å². The molecule has 2 rings (SSSR count). The lowest BCUT2D eigenvalue weighted by Crippen LogP contribution is -2.08. The summed E-state index contributed by atoms with van der Waals surface area (Å²) in [4.78, 5) is 27.5. The Morgan fingerprint density at radius 2 is 2.27 bits per heavy atom. The van der Waals surface area contributed by atoms with Crippen LogP contribution in [-0.4, -0.2) is 21.0 Å². The number of H-pyrrole nitrogens is 1. The van der Waals surface area contributed by atoms with E-state index in [1.807, 2.05) is 0 Å². The minimum Gasteiger partial charge on any atom is -0.481 e. The zero-order chi connectivity index (χ0) is 10.8. The number of aliphatic carboxylic acids is 1. The molecular formula is C10H8N2O3. The summed E-state index contributed by atoms with van der Waals surface area (Å²) in [7, 11) is 0. The van der Waals surface area contributed by atoms with E-state index in [1.165, 1.54) is 6.20 Å². The van der Waals surface area contributed by atoms with E-state index >= 15 is 0 Å². The molecule has 0 atom stereocenters. The molecule has 0 spiro atoms. The highest BCUT2D eigenvalue weighted by Crippen LogP contribution is 2.11. The Labute approximate surface area is 84.4 Å². The number of hydrogen-bond acceptors (Lipinski definition) is 3. The number of carboxylic acid groups (broad SMARTS) is 1. The largest absolute Gasteiger partial charge is 0.481 e. The summed E-state index contributed by atoms with van der Waals surface area (Å²) in [6.07, 6.45) is 1.40. The molecule has 0 fully saturated rings. The molecule has 1 aromatic carbocycles. The fourth-order valence-corrected chi connectivity index (χ4v) is 1.39. The number of nitrogens with zero attached hydrogens (tertiary/aromatic N) is 1. The Bertz CT molecular complexity index is 574. The monoisotopic (exact) mass is 204 g/mol. The van der Waals surface area contributed by atoms with Crippen molar-refractivity contribution < 1.29 is 9.90 Å². The molecule has 0 saturated heterocycles. The van der Waals surface area contributed by atoms with Crippen LogP contribution in [0, 0.1) is 0 Å². The van der Waals surface area contributed by atoms with Crippen LogP contribution in [0.5, 0.6) is 0 Å². The van der Waals surface area contributed by atoms with Crippen molar-refractivity contribution in [1.29, 1.82) is 0 Å². The van der Waals surface area contributed by atoms with Gasteiger partial charge in [0.1, 0.15) is 0 Å². The maximum absolute atomic E-state index is 10.9. The molecule has 0 aliphatic rings. The fraction of sp³-hybridized carbons (Fsp3) is 0.100. The molecular weight excluding hydrogens is 196 g/mol. The van der Waals surface area contributed by atoms with E-state index in [2.05, 4.69) is 9.97 Å². The van der Waals surface area contributed by atoms with E-state index < -0.39 is 11.7 Å². The van der Waals surface area contributed by atoms with Crippen LogP contribution in [0.1, 0.15) is 5.56 Å². The van der Waals surface area contributed by atoms with Gasteiger partial charge in [0.25, 0.3) is 0 Å². The van der Waals surface area contributed by atoms with Crippen LogP contribution in [-0.2, 0) is 11.2 Å². The van der Waals surface area contributed by atoms with Crippen molar-refractivity contribution >= 4 is 16.9 Å². The third kappa shape index (κ3) is 2.01. The number of carbonyl (C=O) groups is 1. The van der Waals surface area contributed by atoms with Crippen LogP contribution >= 0.6 is 0 Å². The molecule has 0 radical (unpaired) electrons. The normalized spacial score (nSPS) is 10.4. The van der Waals surface area contributed by atoms with Crippen molar-refractivity contribution in [2.75, 3.05) is 0 Å². The summed E-state index contributed by atoms with van der Waals surface area (Å²) in [5.74, 6) is -0.883. The first-order chi connectivity index (χ1) is 7.15. The van der Waals surface area contributed by atoms with Gasteiger partial charge in [0.05, 0.1) is 11.9 Å². The number of aromatic nitrogens is 2. The molecule has 2 aromatic rings. The smallest absolute Gasteiger partial charge is 0.345 e. The lowest BCUT2D eigenvalue weighted by molar-refractivity contribution is -0.136. The van der Waals surface area contributed by atoms with Crippen LogP contribution in [0.3, 0.4) is 0 Å².